The summed E-state index contributed by atoms with van der Waals surface area (Å²) in [5.74, 6) is -0.255. The fourth-order valence-corrected chi connectivity index (χ4v) is 5.03. The third-order valence-electron chi connectivity index (χ3n) is 5.15. The number of hydrogen-bond donors (Lipinski definition) is 0. The van der Waals surface area contributed by atoms with E-state index in [9.17, 15) is 9.59 Å². The first-order chi connectivity index (χ1) is 12.8. The van der Waals surface area contributed by atoms with Gasteiger partial charge in [0.2, 0.25) is 5.91 Å². The van der Waals surface area contributed by atoms with Crippen molar-refractivity contribution in [3.8, 4) is 0 Å². The van der Waals surface area contributed by atoms with Gasteiger partial charge in [0.25, 0.3) is 0 Å². The van der Waals surface area contributed by atoms with Crippen LogP contribution in [-0.2, 0) is 15.1 Å². The van der Waals surface area contributed by atoms with E-state index in [1.807, 2.05) is 61.2 Å². The summed E-state index contributed by atoms with van der Waals surface area (Å²) < 4.78 is 5.11. The Hall–Kier alpha value is -1.98. The number of esters is 1. The lowest BCUT2D eigenvalue weighted by atomic mass is 9.91. The first-order valence-corrected chi connectivity index (χ1v) is 10.1. The van der Waals surface area contributed by atoms with Crippen molar-refractivity contribution >= 4 is 35.2 Å². The lowest BCUT2D eigenvalue weighted by Gasteiger charge is -2.30. The van der Waals surface area contributed by atoms with Crippen molar-refractivity contribution < 1.29 is 14.3 Å². The highest BCUT2D eigenvalue weighted by Gasteiger charge is 2.52. The molecule has 0 N–H and O–H groups in total. The molecule has 2 aliphatic heterocycles. The third kappa shape index (κ3) is 3.23. The standard InChI is InChI=1S/C21H20ClNO3S/c1-20(2,27-15-9-7-14(22)8-10-15)19(25)23-12-11-21(13-23)17-6-4-3-5-16(17)18(24)26-21/h3-10H,11-13H2,1-2H3. The van der Waals surface area contributed by atoms with Crippen molar-refractivity contribution in [3.63, 3.8) is 0 Å². The van der Waals surface area contributed by atoms with Crippen molar-refractivity contribution in [3.05, 3.63) is 64.7 Å². The zero-order chi connectivity index (χ0) is 19.2. The van der Waals surface area contributed by atoms with Gasteiger partial charge in [-0.15, -0.1) is 11.8 Å². The zero-order valence-corrected chi connectivity index (χ0v) is 16.8. The molecule has 1 fully saturated rings. The first-order valence-electron chi connectivity index (χ1n) is 8.88. The van der Waals surface area contributed by atoms with Gasteiger partial charge >= 0.3 is 5.97 Å². The normalized spacial score (nSPS) is 21.4. The summed E-state index contributed by atoms with van der Waals surface area (Å²) in [6, 6.07) is 15.0. The second-order valence-electron chi connectivity index (χ2n) is 7.47. The van der Waals surface area contributed by atoms with Gasteiger partial charge in [0.15, 0.2) is 5.60 Å². The number of likely N-dealkylation sites (tertiary alicyclic amines) is 1. The van der Waals surface area contributed by atoms with Gasteiger partial charge in [0.1, 0.15) is 0 Å². The summed E-state index contributed by atoms with van der Waals surface area (Å²) in [6.07, 6.45) is 0.628. The molecule has 140 valence electrons. The second-order valence-corrected chi connectivity index (χ2v) is 9.60. The molecule has 0 bridgehead atoms. The number of nitrogens with zero attached hydrogens (tertiary/aromatic N) is 1. The highest BCUT2D eigenvalue weighted by molar-refractivity contribution is 8.01. The van der Waals surface area contributed by atoms with Crippen LogP contribution in [0.2, 0.25) is 5.02 Å². The molecule has 1 unspecified atom stereocenters. The van der Waals surface area contributed by atoms with Crippen molar-refractivity contribution in [1.29, 1.82) is 0 Å². The molecule has 2 aromatic carbocycles. The number of fused-ring (bicyclic) bond motifs is 2. The maximum absolute atomic E-state index is 13.2. The minimum Gasteiger partial charge on any atom is -0.449 e. The number of thioether (sulfide) groups is 1. The second kappa shape index (κ2) is 6.57. The largest absolute Gasteiger partial charge is 0.449 e. The van der Waals surface area contributed by atoms with E-state index in [4.69, 9.17) is 16.3 Å². The molecule has 0 aliphatic carbocycles. The van der Waals surface area contributed by atoms with Crippen molar-refractivity contribution in [1.82, 2.24) is 4.90 Å². The summed E-state index contributed by atoms with van der Waals surface area (Å²) in [7, 11) is 0. The van der Waals surface area contributed by atoms with Gasteiger partial charge in [0.05, 0.1) is 16.9 Å². The Morgan fingerprint density at radius 2 is 1.89 bits per heavy atom. The van der Waals surface area contributed by atoms with Gasteiger partial charge in [-0.1, -0.05) is 29.8 Å². The van der Waals surface area contributed by atoms with Crippen LogP contribution < -0.4 is 0 Å². The minimum atomic E-state index is -0.704. The lowest BCUT2D eigenvalue weighted by Crippen LogP contribution is -2.43. The van der Waals surface area contributed by atoms with Gasteiger partial charge in [-0.05, 0) is 44.2 Å². The summed E-state index contributed by atoms with van der Waals surface area (Å²) in [5, 5.41) is 0.673. The average molecular weight is 402 g/mol. The van der Waals surface area contributed by atoms with Crippen LogP contribution in [0.3, 0.4) is 0 Å². The molecule has 1 spiro atoms. The van der Waals surface area contributed by atoms with E-state index >= 15 is 0 Å². The van der Waals surface area contributed by atoms with Crippen LogP contribution in [0.25, 0.3) is 0 Å². The highest BCUT2D eigenvalue weighted by atomic mass is 35.5. The molecule has 1 saturated heterocycles. The molecule has 1 atom stereocenters. The Morgan fingerprint density at radius 3 is 2.63 bits per heavy atom. The number of amides is 1. The number of carbonyl (C=O) groups excluding carboxylic acids is 2. The molecule has 2 aromatic rings. The molecule has 0 aromatic heterocycles. The smallest absolute Gasteiger partial charge is 0.339 e. The van der Waals surface area contributed by atoms with E-state index in [2.05, 4.69) is 0 Å². The zero-order valence-electron chi connectivity index (χ0n) is 15.2. The maximum Gasteiger partial charge on any atom is 0.339 e. The lowest BCUT2D eigenvalue weighted by molar-refractivity contribution is -0.133. The Labute approximate surface area is 167 Å². The number of benzene rings is 2. The van der Waals surface area contributed by atoms with Crippen molar-refractivity contribution in [2.24, 2.45) is 0 Å². The summed E-state index contributed by atoms with van der Waals surface area (Å²) >= 11 is 7.45. The molecule has 4 nitrogen and oxygen atoms in total. The van der Waals surface area contributed by atoms with Crippen molar-refractivity contribution in [2.75, 3.05) is 13.1 Å². The predicted octanol–water partition coefficient (Wildman–Crippen LogP) is 4.51. The summed E-state index contributed by atoms with van der Waals surface area (Å²) in [5.41, 5.74) is 0.805. The Balaban J connectivity index is 1.52. The molecule has 2 aliphatic rings. The van der Waals surface area contributed by atoms with E-state index in [0.29, 0.717) is 30.1 Å². The minimum absolute atomic E-state index is 0.0414. The van der Waals surface area contributed by atoms with Crippen LogP contribution in [-0.4, -0.2) is 34.6 Å². The maximum atomic E-state index is 13.2. The number of halogens is 1. The molecule has 2 heterocycles. The van der Waals surface area contributed by atoms with Gasteiger partial charge in [-0.2, -0.15) is 0 Å². The number of rotatable bonds is 3. The molecule has 0 saturated carbocycles. The van der Waals surface area contributed by atoms with E-state index in [1.165, 1.54) is 11.8 Å². The van der Waals surface area contributed by atoms with Gasteiger partial charge < -0.3 is 9.64 Å². The van der Waals surface area contributed by atoms with Crippen molar-refractivity contribution in [2.45, 2.75) is 35.5 Å². The van der Waals surface area contributed by atoms with Crippen LogP contribution in [0, 0.1) is 0 Å². The average Bonchev–Trinajstić information content (AvgIpc) is 3.19. The van der Waals surface area contributed by atoms with Crippen LogP contribution in [0.5, 0.6) is 0 Å². The Bertz CT molecular complexity index is 912. The Kier molecular flexibility index (Phi) is 4.47. The van der Waals surface area contributed by atoms with Crippen LogP contribution >= 0.6 is 23.4 Å². The van der Waals surface area contributed by atoms with E-state index < -0.39 is 10.3 Å². The first kappa shape index (κ1) is 18.4. The third-order valence-corrected chi connectivity index (χ3v) is 6.59. The van der Waals surface area contributed by atoms with Gasteiger partial charge in [-0.3, -0.25) is 4.79 Å². The van der Waals surface area contributed by atoms with Crippen LogP contribution in [0.1, 0.15) is 36.2 Å². The molecule has 0 radical (unpaired) electrons. The fourth-order valence-electron chi connectivity index (χ4n) is 3.83. The SMILES string of the molecule is CC(C)(Sc1ccc(Cl)cc1)C(=O)N1CCC2(C1)OC(=O)c1ccccc12. The summed E-state index contributed by atoms with van der Waals surface area (Å²) in [4.78, 5) is 28.2. The topological polar surface area (TPSA) is 46.6 Å². The van der Waals surface area contributed by atoms with E-state index in [-0.39, 0.29) is 11.9 Å². The quantitative estimate of drug-likeness (QED) is 0.560. The molecule has 1 amide bonds. The monoisotopic (exact) mass is 401 g/mol. The number of carbonyl (C=O) groups is 2. The molecule has 27 heavy (non-hydrogen) atoms. The van der Waals surface area contributed by atoms with Crippen LogP contribution in [0.15, 0.2) is 53.4 Å². The molecular weight excluding hydrogens is 382 g/mol. The number of hydrogen-bond acceptors (Lipinski definition) is 4. The predicted molar refractivity (Wildman–Crippen MR) is 106 cm³/mol. The summed E-state index contributed by atoms with van der Waals surface area (Å²) in [6.45, 7) is 4.83. The van der Waals surface area contributed by atoms with E-state index in [0.717, 1.165) is 10.5 Å². The highest BCUT2D eigenvalue weighted by Crippen LogP contribution is 2.44. The van der Waals surface area contributed by atoms with E-state index in [1.54, 1.807) is 6.07 Å². The van der Waals surface area contributed by atoms with Gasteiger partial charge in [-0.25, -0.2) is 4.79 Å². The Morgan fingerprint density at radius 1 is 1.19 bits per heavy atom. The molecular formula is C21H20ClNO3S. The van der Waals surface area contributed by atoms with Crippen LogP contribution in [0.4, 0.5) is 0 Å². The number of ether oxygens (including phenoxy) is 1. The molecule has 4 rings (SSSR count). The molecule has 6 heteroatoms. The fraction of sp³-hybridized carbons (Fsp3) is 0.333. The van der Waals surface area contributed by atoms with Gasteiger partial charge in [0, 0.05) is 28.4 Å².